The third-order valence-electron chi connectivity index (χ3n) is 1.99. The van der Waals surface area contributed by atoms with Crippen molar-refractivity contribution in [3.05, 3.63) is 12.2 Å². The van der Waals surface area contributed by atoms with Crippen molar-refractivity contribution in [1.29, 1.82) is 0 Å². The maximum atomic E-state index is 10.7. The third kappa shape index (κ3) is 2.89. The van der Waals surface area contributed by atoms with Crippen LogP contribution in [0.15, 0.2) is 12.2 Å². The first-order chi connectivity index (χ1) is 5.95. The molecule has 0 saturated carbocycles. The van der Waals surface area contributed by atoms with Gasteiger partial charge in [-0.15, -0.1) is 0 Å². The van der Waals surface area contributed by atoms with Crippen LogP contribution in [0.25, 0.3) is 0 Å². The van der Waals surface area contributed by atoms with Gasteiger partial charge in [-0.1, -0.05) is 12.2 Å². The number of allylic oxidation sites excluding steroid dienone is 2. The second-order valence-electron chi connectivity index (χ2n) is 3.05. The predicted molar refractivity (Wildman–Crippen MR) is 47.4 cm³/mol. The number of rotatable bonds is 5. The fourth-order valence-corrected chi connectivity index (χ4v) is 0.844. The van der Waals surface area contributed by atoms with Crippen LogP contribution in [0.4, 0.5) is 0 Å². The Labute approximate surface area is 76.9 Å². The summed E-state index contributed by atoms with van der Waals surface area (Å²) >= 11 is 0. The summed E-state index contributed by atoms with van der Waals surface area (Å²) < 4.78 is 0. The minimum Gasteiger partial charge on any atom is -0.480 e. The lowest BCUT2D eigenvalue weighted by molar-refractivity contribution is -0.163. The molecule has 74 valence electrons. The number of hydrogen-bond acceptors (Lipinski definition) is 2. The number of aliphatic carboxylic acids is 2. The van der Waals surface area contributed by atoms with Crippen molar-refractivity contribution >= 4 is 11.9 Å². The van der Waals surface area contributed by atoms with Gasteiger partial charge >= 0.3 is 11.9 Å². The molecule has 4 nitrogen and oxygen atoms in total. The van der Waals surface area contributed by atoms with Gasteiger partial charge in [0.15, 0.2) is 5.41 Å². The van der Waals surface area contributed by atoms with E-state index in [1.807, 2.05) is 0 Å². The average molecular weight is 186 g/mol. The molecule has 0 aliphatic carbocycles. The van der Waals surface area contributed by atoms with E-state index >= 15 is 0 Å². The van der Waals surface area contributed by atoms with E-state index in [0.29, 0.717) is 6.42 Å². The van der Waals surface area contributed by atoms with Gasteiger partial charge in [-0.05, 0) is 26.7 Å². The molecular weight excluding hydrogens is 172 g/mol. The highest BCUT2D eigenvalue weighted by molar-refractivity contribution is 5.97. The lowest BCUT2D eigenvalue weighted by Gasteiger charge is -2.18. The maximum Gasteiger partial charge on any atom is 0.320 e. The Bertz CT molecular complexity index is 216. The van der Waals surface area contributed by atoms with Gasteiger partial charge in [0.05, 0.1) is 0 Å². The van der Waals surface area contributed by atoms with E-state index in [0.717, 1.165) is 0 Å². The Morgan fingerprint density at radius 3 is 2.08 bits per heavy atom. The van der Waals surface area contributed by atoms with Crippen LogP contribution < -0.4 is 0 Å². The van der Waals surface area contributed by atoms with Gasteiger partial charge in [-0.25, -0.2) is 0 Å². The van der Waals surface area contributed by atoms with Gasteiger partial charge in [-0.2, -0.15) is 0 Å². The summed E-state index contributed by atoms with van der Waals surface area (Å²) in [5.41, 5.74) is -1.67. The molecule has 0 radical (unpaired) electrons. The standard InChI is InChI=1S/C9H14O4/c1-3-4-5-6-9(2,7(10)11)8(12)13/h3-4H,5-6H2,1-2H3,(H,10,11)(H,12,13). The van der Waals surface area contributed by atoms with E-state index in [1.54, 1.807) is 19.1 Å². The van der Waals surface area contributed by atoms with Crippen molar-refractivity contribution in [2.45, 2.75) is 26.7 Å². The molecule has 13 heavy (non-hydrogen) atoms. The second-order valence-corrected chi connectivity index (χ2v) is 3.05. The van der Waals surface area contributed by atoms with E-state index < -0.39 is 17.4 Å². The molecule has 0 aromatic heterocycles. The van der Waals surface area contributed by atoms with Crippen molar-refractivity contribution in [2.24, 2.45) is 5.41 Å². The fourth-order valence-electron chi connectivity index (χ4n) is 0.844. The second kappa shape index (κ2) is 4.64. The van der Waals surface area contributed by atoms with Crippen molar-refractivity contribution in [3.63, 3.8) is 0 Å². The molecule has 0 unspecified atom stereocenters. The molecule has 0 aromatic rings. The van der Waals surface area contributed by atoms with Crippen LogP contribution in [0.5, 0.6) is 0 Å². The minimum atomic E-state index is -1.67. The molecule has 0 heterocycles. The quantitative estimate of drug-likeness (QED) is 0.504. The van der Waals surface area contributed by atoms with Crippen LogP contribution in [-0.2, 0) is 9.59 Å². The van der Waals surface area contributed by atoms with Crippen LogP contribution in [0.2, 0.25) is 0 Å². The van der Waals surface area contributed by atoms with E-state index in [4.69, 9.17) is 10.2 Å². The Morgan fingerprint density at radius 1 is 1.31 bits per heavy atom. The number of carboxylic acid groups (broad SMARTS) is 2. The van der Waals surface area contributed by atoms with Crippen molar-refractivity contribution in [1.82, 2.24) is 0 Å². The van der Waals surface area contributed by atoms with E-state index in [9.17, 15) is 9.59 Å². The largest absolute Gasteiger partial charge is 0.480 e. The lowest BCUT2D eigenvalue weighted by Crippen LogP contribution is -2.36. The van der Waals surface area contributed by atoms with Crippen LogP contribution in [0.1, 0.15) is 26.7 Å². The summed E-state index contributed by atoms with van der Waals surface area (Å²) in [7, 11) is 0. The molecule has 0 aliphatic heterocycles. The zero-order valence-electron chi connectivity index (χ0n) is 7.78. The van der Waals surface area contributed by atoms with Crippen molar-refractivity contribution < 1.29 is 19.8 Å². The molecule has 4 heteroatoms. The molecule has 0 rings (SSSR count). The summed E-state index contributed by atoms with van der Waals surface area (Å²) in [5, 5.41) is 17.4. The summed E-state index contributed by atoms with van der Waals surface area (Å²) in [4.78, 5) is 21.3. The monoisotopic (exact) mass is 186 g/mol. The van der Waals surface area contributed by atoms with Gasteiger partial charge in [0, 0.05) is 0 Å². The molecular formula is C9H14O4. The number of carboxylic acids is 2. The zero-order valence-corrected chi connectivity index (χ0v) is 7.78. The predicted octanol–water partition coefficient (Wildman–Crippen LogP) is 1.52. The molecule has 0 atom stereocenters. The van der Waals surface area contributed by atoms with E-state index in [1.165, 1.54) is 6.92 Å². The Balaban J connectivity index is 4.43. The van der Waals surface area contributed by atoms with Gasteiger partial charge in [0.2, 0.25) is 0 Å². The molecule has 0 saturated heterocycles. The molecule has 2 N–H and O–H groups in total. The summed E-state index contributed by atoms with van der Waals surface area (Å²) in [6, 6.07) is 0. The lowest BCUT2D eigenvalue weighted by atomic mass is 9.85. The molecule has 0 spiro atoms. The fraction of sp³-hybridized carbons (Fsp3) is 0.556. The van der Waals surface area contributed by atoms with E-state index in [2.05, 4.69) is 0 Å². The van der Waals surface area contributed by atoms with Crippen molar-refractivity contribution in [3.8, 4) is 0 Å². The van der Waals surface area contributed by atoms with Crippen LogP contribution >= 0.6 is 0 Å². The molecule has 0 bridgehead atoms. The molecule has 0 amide bonds. The first-order valence-electron chi connectivity index (χ1n) is 4.03. The van der Waals surface area contributed by atoms with Gasteiger partial charge in [-0.3, -0.25) is 9.59 Å². The summed E-state index contributed by atoms with van der Waals surface area (Å²) in [5.74, 6) is -2.57. The highest BCUT2D eigenvalue weighted by Crippen LogP contribution is 2.24. The Morgan fingerprint density at radius 2 is 1.77 bits per heavy atom. The smallest absolute Gasteiger partial charge is 0.320 e. The zero-order chi connectivity index (χ0) is 10.5. The highest BCUT2D eigenvalue weighted by atomic mass is 16.4. The summed E-state index contributed by atoms with van der Waals surface area (Å²) in [6.45, 7) is 3.03. The Hall–Kier alpha value is -1.32. The highest BCUT2D eigenvalue weighted by Gasteiger charge is 2.40. The van der Waals surface area contributed by atoms with Crippen molar-refractivity contribution in [2.75, 3.05) is 0 Å². The maximum absolute atomic E-state index is 10.7. The SMILES string of the molecule is CC=CCCC(C)(C(=O)O)C(=O)O. The third-order valence-corrected chi connectivity index (χ3v) is 1.99. The van der Waals surface area contributed by atoms with Gasteiger partial charge in [0.1, 0.15) is 0 Å². The van der Waals surface area contributed by atoms with Crippen LogP contribution in [0, 0.1) is 5.41 Å². The summed E-state index contributed by atoms with van der Waals surface area (Å²) in [6.07, 6.45) is 4.10. The van der Waals surface area contributed by atoms with Crippen LogP contribution in [0.3, 0.4) is 0 Å². The first kappa shape index (κ1) is 11.7. The number of hydrogen-bond donors (Lipinski definition) is 2. The van der Waals surface area contributed by atoms with Crippen LogP contribution in [-0.4, -0.2) is 22.2 Å². The Kier molecular flexibility index (Phi) is 4.17. The molecule has 0 aliphatic rings. The molecule has 0 fully saturated rings. The topological polar surface area (TPSA) is 74.6 Å². The van der Waals surface area contributed by atoms with E-state index in [-0.39, 0.29) is 6.42 Å². The average Bonchev–Trinajstić information content (AvgIpc) is 2.03. The van der Waals surface area contributed by atoms with Gasteiger partial charge < -0.3 is 10.2 Å². The first-order valence-corrected chi connectivity index (χ1v) is 4.03. The minimum absolute atomic E-state index is 0.113. The normalized spacial score (nSPS) is 11.8. The number of carbonyl (C=O) groups is 2. The molecule has 0 aromatic carbocycles. The van der Waals surface area contributed by atoms with Gasteiger partial charge in [0.25, 0.3) is 0 Å².